The van der Waals surface area contributed by atoms with Crippen LogP contribution in [0.4, 0.5) is 11.5 Å². The lowest BCUT2D eigenvalue weighted by atomic mass is 9.90. The first kappa shape index (κ1) is 17.2. The zero-order valence-corrected chi connectivity index (χ0v) is 14.6. The lowest BCUT2D eigenvalue weighted by Gasteiger charge is -2.32. The molecule has 0 amide bonds. The number of pyridine rings is 1. The van der Waals surface area contributed by atoms with E-state index in [4.69, 9.17) is 4.74 Å². The van der Waals surface area contributed by atoms with Gasteiger partial charge in [0.1, 0.15) is 5.75 Å². The van der Waals surface area contributed by atoms with Gasteiger partial charge in [-0.05, 0) is 55.9 Å². The van der Waals surface area contributed by atoms with Crippen molar-refractivity contribution in [2.75, 3.05) is 25.1 Å². The summed E-state index contributed by atoms with van der Waals surface area (Å²) in [5.41, 5.74) is 2.07. The summed E-state index contributed by atoms with van der Waals surface area (Å²) < 4.78 is 5.29. The molecular formula is C19H23N3O3. The van der Waals surface area contributed by atoms with Gasteiger partial charge in [-0.1, -0.05) is 12.1 Å². The second-order valence-electron chi connectivity index (χ2n) is 6.54. The van der Waals surface area contributed by atoms with Crippen molar-refractivity contribution in [2.45, 2.75) is 26.2 Å². The summed E-state index contributed by atoms with van der Waals surface area (Å²) in [6, 6.07) is 9.87. The topological polar surface area (TPSA) is 68.5 Å². The van der Waals surface area contributed by atoms with E-state index in [9.17, 15) is 10.1 Å². The Balaban J connectivity index is 1.66. The first-order chi connectivity index (χ1) is 12.1. The minimum atomic E-state index is -0.319. The van der Waals surface area contributed by atoms with Gasteiger partial charge in [0.15, 0.2) is 0 Å². The quantitative estimate of drug-likeness (QED) is 0.612. The Bertz CT molecular complexity index is 755. The molecule has 1 aromatic heterocycles. The van der Waals surface area contributed by atoms with E-state index in [0.29, 0.717) is 17.3 Å². The fourth-order valence-electron chi connectivity index (χ4n) is 3.47. The van der Waals surface area contributed by atoms with Crippen LogP contribution >= 0.6 is 0 Å². The predicted octanol–water partition coefficient (Wildman–Crippen LogP) is 3.77. The second kappa shape index (κ2) is 7.51. The Morgan fingerprint density at radius 3 is 2.76 bits per heavy atom. The first-order valence-corrected chi connectivity index (χ1v) is 8.56. The number of rotatable bonds is 5. The van der Waals surface area contributed by atoms with Gasteiger partial charge in [-0.25, -0.2) is 4.98 Å². The van der Waals surface area contributed by atoms with Crippen LogP contribution in [0.25, 0.3) is 0 Å². The molecule has 0 saturated carbocycles. The number of piperidine rings is 1. The van der Waals surface area contributed by atoms with Crippen molar-refractivity contribution in [3.63, 3.8) is 0 Å². The van der Waals surface area contributed by atoms with Gasteiger partial charge in [0, 0.05) is 24.8 Å². The summed E-state index contributed by atoms with van der Waals surface area (Å²) >= 11 is 0. The van der Waals surface area contributed by atoms with Crippen LogP contribution in [-0.4, -0.2) is 30.1 Å². The molecule has 1 fully saturated rings. The van der Waals surface area contributed by atoms with Crippen LogP contribution in [0.2, 0.25) is 0 Å². The molecule has 1 aliphatic heterocycles. The molecular weight excluding hydrogens is 318 g/mol. The van der Waals surface area contributed by atoms with Gasteiger partial charge in [-0.15, -0.1) is 0 Å². The first-order valence-electron chi connectivity index (χ1n) is 8.56. The highest BCUT2D eigenvalue weighted by Gasteiger charge is 2.27. The monoisotopic (exact) mass is 341 g/mol. The van der Waals surface area contributed by atoms with E-state index in [0.717, 1.165) is 38.1 Å². The molecule has 0 atom stereocenters. The lowest BCUT2D eigenvalue weighted by molar-refractivity contribution is -0.384. The summed E-state index contributed by atoms with van der Waals surface area (Å²) in [5.74, 6) is 1.96. The zero-order valence-electron chi connectivity index (χ0n) is 14.6. The molecule has 0 radical (unpaired) electrons. The van der Waals surface area contributed by atoms with E-state index >= 15 is 0 Å². The van der Waals surface area contributed by atoms with E-state index in [1.54, 1.807) is 26.3 Å². The summed E-state index contributed by atoms with van der Waals surface area (Å²) in [4.78, 5) is 17.4. The molecule has 1 aliphatic rings. The van der Waals surface area contributed by atoms with Gasteiger partial charge in [-0.2, -0.15) is 0 Å². The second-order valence-corrected chi connectivity index (χ2v) is 6.54. The Hall–Kier alpha value is -2.63. The molecule has 2 aromatic rings. The summed E-state index contributed by atoms with van der Waals surface area (Å²) in [6.45, 7) is 3.36. The Labute approximate surface area is 147 Å². The van der Waals surface area contributed by atoms with Crippen molar-refractivity contribution in [2.24, 2.45) is 5.92 Å². The fraction of sp³-hybridized carbons (Fsp3) is 0.421. The van der Waals surface area contributed by atoms with Crippen LogP contribution in [0.5, 0.6) is 5.75 Å². The van der Waals surface area contributed by atoms with E-state index < -0.39 is 0 Å². The maximum absolute atomic E-state index is 11.4. The van der Waals surface area contributed by atoms with Gasteiger partial charge >= 0.3 is 5.69 Å². The van der Waals surface area contributed by atoms with E-state index in [-0.39, 0.29) is 10.6 Å². The molecule has 6 nitrogen and oxygen atoms in total. The van der Waals surface area contributed by atoms with Crippen molar-refractivity contribution in [3.8, 4) is 5.75 Å². The number of nitro groups is 1. The van der Waals surface area contributed by atoms with Crippen LogP contribution in [0.3, 0.4) is 0 Å². The molecule has 0 aliphatic carbocycles. The van der Waals surface area contributed by atoms with Crippen molar-refractivity contribution in [1.82, 2.24) is 4.98 Å². The highest BCUT2D eigenvalue weighted by Crippen LogP contribution is 2.32. The Morgan fingerprint density at radius 2 is 2.08 bits per heavy atom. The number of benzene rings is 1. The normalized spacial score (nSPS) is 15.2. The van der Waals surface area contributed by atoms with Gasteiger partial charge in [0.25, 0.3) is 0 Å². The Morgan fingerprint density at radius 1 is 1.32 bits per heavy atom. The van der Waals surface area contributed by atoms with Crippen LogP contribution < -0.4 is 9.64 Å². The number of nitrogens with zero attached hydrogens (tertiary/aromatic N) is 3. The largest absolute Gasteiger partial charge is 0.497 e. The number of hydrogen-bond donors (Lipinski definition) is 0. The smallest absolute Gasteiger partial charge is 0.314 e. The maximum atomic E-state index is 11.4. The van der Waals surface area contributed by atoms with Gasteiger partial charge in [0.05, 0.1) is 12.0 Å². The number of methoxy groups -OCH3 is 1. The number of aryl methyl sites for hydroxylation is 1. The molecule has 0 N–H and O–H groups in total. The van der Waals surface area contributed by atoms with E-state index in [1.807, 2.05) is 17.0 Å². The number of aromatic nitrogens is 1. The molecule has 25 heavy (non-hydrogen) atoms. The number of anilines is 1. The fourth-order valence-corrected chi connectivity index (χ4v) is 3.47. The highest BCUT2D eigenvalue weighted by molar-refractivity contribution is 5.61. The highest BCUT2D eigenvalue weighted by atomic mass is 16.6. The zero-order chi connectivity index (χ0) is 17.8. The van der Waals surface area contributed by atoms with Gasteiger partial charge < -0.3 is 9.64 Å². The molecule has 0 unspecified atom stereocenters. The third kappa shape index (κ3) is 3.90. The lowest BCUT2D eigenvalue weighted by Crippen LogP contribution is -2.35. The standard InChI is InChI=1S/C19H23N3O3/c1-14-6-9-20-19(18(14)22(23)24)21-10-7-15(8-11-21)12-16-4-3-5-17(13-16)25-2/h3-6,9,13,15H,7-8,10-12H2,1-2H3. The minimum Gasteiger partial charge on any atom is -0.497 e. The number of ether oxygens (including phenoxy) is 1. The maximum Gasteiger partial charge on any atom is 0.314 e. The summed E-state index contributed by atoms with van der Waals surface area (Å²) in [6.07, 6.45) is 4.67. The van der Waals surface area contributed by atoms with Crippen LogP contribution in [0, 0.1) is 23.0 Å². The molecule has 0 spiro atoms. The summed E-state index contributed by atoms with van der Waals surface area (Å²) in [5, 5.41) is 11.4. The van der Waals surface area contributed by atoms with Gasteiger partial charge in [0.2, 0.25) is 5.82 Å². The Kier molecular flexibility index (Phi) is 5.16. The van der Waals surface area contributed by atoms with Crippen LogP contribution in [0.15, 0.2) is 36.5 Å². The van der Waals surface area contributed by atoms with Crippen molar-refractivity contribution in [1.29, 1.82) is 0 Å². The molecule has 1 aromatic carbocycles. The number of hydrogen-bond acceptors (Lipinski definition) is 5. The average Bonchev–Trinajstić information content (AvgIpc) is 2.62. The van der Waals surface area contributed by atoms with Crippen molar-refractivity contribution in [3.05, 3.63) is 57.8 Å². The molecule has 0 bridgehead atoms. The van der Waals surface area contributed by atoms with Gasteiger partial charge in [-0.3, -0.25) is 10.1 Å². The minimum absolute atomic E-state index is 0.133. The van der Waals surface area contributed by atoms with E-state index in [2.05, 4.69) is 17.1 Å². The molecule has 3 rings (SSSR count). The molecule has 2 heterocycles. The van der Waals surface area contributed by atoms with Crippen LogP contribution in [-0.2, 0) is 6.42 Å². The third-order valence-electron chi connectivity index (χ3n) is 4.86. The molecule has 1 saturated heterocycles. The average molecular weight is 341 g/mol. The third-order valence-corrected chi connectivity index (χ3v) is 4.86. The summed E-state index contributed by atoms with van der Waals surface area (Å²) in [7, 11) is 1.68. The molecule has 132 valence electrons. The van der Waals surface area contributed by atoms with Crippen LogP contribution in [0.1, 0.15) is 24.0 Å². The van der Waals surface area contributed by atoms with E-state index in [1.165, 1.54) is 5.56 Å². The SMILES string of the molecule is COc1cccc(CC2CCN(c3nccc(C)c3[N+](=O)[O-])CC2)c1. The molecule has 6 heteroatoms. The predicted molar refractivity (Wildman–Crippen MR) is 97.3 cm³/mol. The van der Waals surface area contributed by atoms with Crippen molar-refractivity contribution < 1.29 is 9.66 Å². The van der Waals surface area contributed by atoms with Crippen molar-refractivity contribution >= 4 is 11.5 Å².